The van der Waals surface area contributed by atoms with Gasteiger partial charge in [-0.15, -0.1) is 22.4 Å². The maximum Gasteiger partial charge on any atom is 2.00 e. The maximum atomic E-state index is 13.2. The molecule has 2 aliphatic heterocycles. The predicted octanol–water partition coefficient (Wildman–Crippen LogP) is 2.73. The summed E-state index contributed by atoms with van der Waals surface area (Å²) < 4.78 is 5.20. The Bertz CT molecular complexity index is 1900. The normalized spacial score (nSPS) is 25.0. The van der Waals surface area contributed by atoms with E-state index in [1.807, 2.05) is 13.0 Å². The number of hydrogen-bond acceptors (Lipinski definition) is 3. The van der Waals surface area contributed by atoms with Crippen molar-refractivity contribution < 1.29 is 14.6 Å². The number of ether oxygens (including phenoxy) is 1. The summed E-state index contributed by atoms with van der Waals surface area (Å²) in [7, 11) is 1.36. The summed E-state index contributed by atoms with van der Waals surface area (Å²) in [6, 6.07) is -0.325. The molecule has 5 heterocycles. The first-order chi connectivity index (χ1) is 19.6. The fourth-order valence-electron chi connectivity index (χ4n) is 7.16. The minimum absolute atomic E-state index is 0. The smallest absolute Gasteiger partial charge is 0.681 e. The topological polar surface area (TPSA) is 105 Å². The molecule has 1 saturated heterocycles. The van der Waals surface area contributed by atoms with Crippen LogP contribution in [0.2, 0.25) is 0 Å². The Labute approximate surface area is 262 Å². The molecule has 1 aliphatic carbocycles. The van der Waals surface area contributed by atoms with Crippen LogP contribution in [0.4, 0.5) is 0 Å². The average molecular weight is 574 g/mol. The van der Waals surface area contributed by atoms with E-state index in [4.69, 9.17) is 20.0 Å². The van der Waals surface area contributed by atoms with E-state index in [1.54, 1.807) is 0 Å². The zero-order valence-corrected chi connectivity index (χ0v) is 27.0. The van der Waals surface area contributed by atoms with Crippen LogP contribution in [0.1, 0.15) is 72.1 Å². The monoisotopic (exact) mass is 573 g/mol. The molecule has 214 valence electrons. The van der Waals surface area contributed by atoms with Gasteiger partial charge >= 0.3 is 29.0 Å². The van der Waals surface area contributed by atoms with E-state index in [1.165, 1.54) is 12.7 Å². The summed E-state index contributed by atoms with van der Waals surface area (Å²) in [6.07, 6.45) is 9.82. The standard InChI is InChI=1S/C34H37N4O3.Mg/c1-9-19-15(4)22-12-24-17(6)21(11-3)31(37-24)29-30(34(40)41-8)33(39)28-18(7)25(38-32(28)29)14-27-20(10-2)16(5)23(36-27)13-26(19)35-22;/h9,12-14,17,21,30-31,36,39H,1,10-11H2,2-8H3;/q-3;+2/b23-13-,24-12-,27-14-;/t17-,21-,30+,31?;/m0./s1. The quantitative estimate of drug-likeness (QED) is 0.369. The first kappa shape index (κ1) is 30.1. The van der Waals surface area contributed by atoms with Crippen molar-refractivity contribution in [1.82, 2.24) is 15.0 Å². The Morgan fingerprint density at radius 3 is 2.38 bits per heavy atom. The zero-order chi connectivity index (χ0) is 29.3. The third-order valence-electron chi connectivity index (χ3n) is 9.53. The van der Waals surface area contributed by atoms with Crippen LogP contribution in [-0.2, 0) is 16.0 Å². The number of aromatic amines is 1. The minimum atomic E-state index is -0.920. The van der Waals surface area contributed by atoms with Crippen molar-refractivity contribution in [2.24, 2.45) is 17.8 Å². The van der Waals surface area contributed by atoms with Gasteiger partial charge in [0.15, 0.2) is 0 Å². The van der Waals surface area contributed by atoms with Gasteiger partial charge in [-0.2, -0.15) is 5.70 Å². The summed E-state index contributed by atoms with van der Waals surface area (Å²) in [6.45, 7) is 16.7. The predicted molar refractivity (Wildman–Crippen MR) is 168 cm³/mol. The molecule has 3 aromatic heterocycles. The molecule has 0 spiro atoms. The van der Waals surface area contributed by atoms with Gasteiger partial charge in [0.25, 0.3) is 0 Å². The number of carbonyl (C=O) groups excluding carboxylic acids is 1. The Hall–Kier alpha value is -3.36. The molecule has 0 aromatic carbocycles. The Balaban J connectivity index is 0.00000353. The van der Waals surface area contributed by atoms with Crippen LogP contribution in [0.3, 0.4) is 0 Å². The van der Waals surface area contributed by atoms with Crippen LogP contribution >= 0.6 is 0 Å². The number of methoxy groups -OCH3 is 1. The molecule has 1 fully saturated rings. The number of fused-ring (bicyclic) bond motifs is 8. The molecular weight excluding hydrogens is 537 g/mol. The fourth-order valence-corrected chi connectivity index (χ4v) is 7.16. The molecule has 42 heavy (non-hydrogen) atoms. The van der Waals surface area contributed by atoms with Gasteiger partial charge in [0.1, 0.15) is 11.7 Å². The number of aliphatic hydroxyl groups excluding tert-OH is 1. The van der Waals surface area contributed by atoms with Crippen molar-refractivity contribution in [2.45, 2.75) is 60.4 Å². The summed E-state index contributed by atoms with van der Waals surface area (Å²) >= 11 is 0. The number of hydrogen-bond donors (Lipinski definition) is 2. The van der Waals surface area contributed by atoms with Gasteiger partial charge in [0.05, 0.1) is 7.11 Å². The number of rotatable bonds is 4. The van der Waals surface area contributed by atoms with Crippen LogP contribution in [0, 0.1) is 38.5 Å². The third kappa shape index (κ3) is 4.25. The van der Waals surface area contributed by atoms with Gasteiger partial charge < -0.3 is 30.1 Å². The number of esters is 1. The molecule has 6 rings (SSSR count). The third-order valence-corrected chi connectivity index (χ3v) is 9.53. The second-order valence-corrected chi connectivity index (χ2v) is 11.5. The fraction of sp³-hybridized carbons (Fsp3) is 0.382. The largest absolute Gasteiger partial charge is 2.00 e. The Morgan fingerprint density at radius 2 is 1.74 bits per heavy atom. The van der Waals surface area contributed by atoms with Gasteiger partial charge in [0.2, 0.25) is 0 Å². The number of nitrogens with one attached hydrogen (secondary N) is 1. The number of aromatic nitrogens is 3. The summed E-state index contributed by atoms with van der Waals surface area (Å²) in [5, 5.41) is 20.0. The summed E-state index contributed by atoms with van der Waals surface area (Å²) in [5.41, 5.74) is 9.43. The van der Waals surface area contributed by atoms with E-state index in [9.17, 15) is 9.90 Å². The van der Waals surface area contributed by atoms with Gasteiger partial charge in [0, 0.05) is 15.9 Å². The van der Waals surface area contributed by atoms with E-state index in [2.05, 4.69) is 64.4 Å². The van der Waals surface area contributed by atoms with E-state index in [0.29, 0.717) is 10.6 Å². The Morgan fingerprint density at radius 1 is 1.05 bits per heavy atom. The molecule has 4 atom stereocenters. The van der Waals surface area contributed by atoms with E-state index >= 15 is 0 Å². The number of allylic oxidation sites excluding steroid dienone is 1. The maximum absolute atomic E-state index is 13.2. The number of carbonyl (C=O) groups is 1. The van der Waals surface area contributed by atoms with Gasteiger partial charge in [-0.05, 0) is 55.7 Å². The minimum Gasteiger partial charge on any atom is -0.681 e. The molecule has 2 N–H and O–H groups in total. The van der Waals surface area contributed by atoms with Gasteiger partial charge in [-0.25, -0.2) is 0 Å². The van der Waals surface area contributed by atoms with Crippen molar-refractivity contribution in [1.29, 1.82) is 0 Å². The van der Waals surface area contributed by atoms with Crippen molar-refractivity contribution >= 4 is 64.7 Å². The van der Waals surface area contributed by atoms with Crippen molar-refractivity contribution in [3.8, 4) is 0 Å². The van der Waals surface area contributed by atoms with Crippen LogP contribution in [-0.4, -0.2) is 52.3 Å². The summed E-state index contributed by atoms with van der Waals surface area (Å²) in [4.78, 5) is 26.9. The molecule has 0 saturated carbocycles. The van der Waals surface area contributed by atoms with Crippen LogP contribution in [0.25, 0.3) is 41.0 Å². The first-order valence-corrected chi connectivity index (χ1v) is 14.5. The molecule has 3 aromatic rings. The second kappa shape index (κ2) is 11.0. The van der Waals surface area contributed by atoms with Gasteiger partial charge in [-0.3, -0.25) is 4.79 Å². The SMILES string of the molecule is C=Cc1c2[n-]c(c1C)/C=C1\[N-]C(C3=c4[n-]c(c(C)c4=C(O)[C@@H]3C(=O)OC)/C=c3\[nH]/c(c(C)c3CC)=C\2)[C@@H](CC)[C@@H]1C.[Mg+2]. The van der Waals surface area contributed by atoms with Crippen molar-refractivity contribution in [3.05, 3.63) is 83.8 Å². The molecule has 0 radical (unpaired) electrons. The number of aliphatic hydroxyl groups is 1. The summed E-state index contributed by atoms with van der Waals surface area (Å²) in [5.74, 6) is -1.16. The van der Waals surface area contributed by atoms with E-state index < -0.39 is 11.9 Å². The zero-order valence-electron chi connectivity index (χ0n) is 25.6. The molecule has 1 unspecified atom stereocenters. The van der Waals surface area contributed by atoms with Crippen LogP contribution < -0.4 is 31.2 Å². The Kier molecular flexibility index (Phi) is 7.92. The van der Waals surface area contributed by atoms with E-state index in [-0.39, 0.29) is 46.7 Å². The van der Waals surface area contributed by atoms with Crippen LogP contribution in [0.5, 0.6) is 0 Å². The molecular formula is C34H37MgN4O3-. The first-order valence-electron chi connectivity index (χ1n) is 14.5. The number of nitrogens with zero attached hydrogens (tertiary/aromatic N) is 3. The molecule has 3 aliphatic rings. The van der Waals surface area contributed by atoms with Crippen molar-refractivity contribution in [3.63, 3.8) is 0 Å². The van der Waals surface area contributed by atoms with Crippen molar-refractivity contribution in [2.75, 3.05) is 7.11 Å². The average Bonchev–Trinajstić information content (AvgIpc) is 3.69. The molecule has 8 bridgehead atoms. The molecule has 7 nitrogen and oxygen atoms in total. The second-order valence-electron chi connectivity index (χ2n) is 11.5. The van der Waals surface area contributed by atoms with E-state index in [0.717, 1.165) is 74.1 Å². The molecule has 8 heteroatoms. The van der Waals surface area contributed by atoms with Gasteiger partial charge in [-0.1, -0.05) is 80.8 Å². The molecule has 0 amide bonds. The van der Waals surface area contributed by atoms with Crippen LogP contribution in [0.15, 0.2) is 12.3 Å². The number of H-pyrrole nitrogens is 1.